The molecule has 1 atom stereocenters. The Morgan fingerprint density at radius 2 is 1.77 bits per heavy atom. The molecule has 0 aromatic heterocycles. The van der Waals surface area contributed by atoms with E-state index in [1.165, 1.54) is 31.0 Å². The number of halogens is 1. The van der Waals surface area contributed by atoms with Crippen LogP contribution in [0.25, 0.3) is 0 Å². The molecule has 156 valence electrons. The fourth-order valence-corrected chi connectivity index (χ4v) is 4.11. The molecule has 2 fully saturated rings. The summed E-state index contributed by atoms with van der Waals surface area (Å²) in [5.74, 6) is -1.01. The third-order valence-electron chi connectivity index (χ3n) is 5.54. The summed E-state index contributed by atoms with van der Waals surface area (Å²) in [6, 6.07) is 11.9. The molecule has 1 unspecified atom stereocenters. The van der Waals surface area contributed by atoms with Crippen molar-refractivity contribution in [3.8, 4) is 0 Å². The molecule has 2 aromatic carbocycles. The van der Waals surface area contributed by atoms with E-state index in [2.05, 4.69) is 10.2 Å². The van der Waals surface area contributed by atoms with Crippen molar-refractivity contribution >= 4 is 46.2 Å². The van der Waals surface area contributed by atoms with Crippen LogP contribution in [-0.4, -0.2) is 36.4 Å². The summed E-state index contributed by atoms with van der Waals surface area (Å²) in [6.45, 7) is 2.36. The summed E-state index contributed by atoms with van der Waals surface area (Å²) < 4.78 is 0. The number of hydrogen-bond donors (Lipinski definition) is 1. The van der Waals surface area contributed by atoms with Crippen LogP contribution in [0, 0.1) is 16.0 Å². The zero-order valence-electron chi connectivity index (χ0n) is 16.2. The van der Waals surface area contributed by atoms with Gasteiger partial charge in [0.15, 0.2) is 0 Å². The molecule has 0 saturated carbocycles. The molecule has 2 aliphatic heterocycles. The van der Waals surface area contributed by atoms with E-state index in [-0.39, 0.29) is 41.2 Å². The van der Waals surface area contributed by atoms with Crippen molar-refractivity contribution in [3.63, 3.8) is 0 Å². The standard InChI is InChI=1S/C21H21ClN4O4/c22-18-8-3-15(12-19(18)26(29)30)23-21(28)14-11-20(27)25(13-14)17-6-4-16(5-7-17)24-9-1-2-10-24/h3-8,12,14H,1-2,9-11,13H2,(H,23,28). The van der Waals surface area contributed by atoms with Crippen molar-refractivity contribution in [2.75, 3.05) is 34.8 Å². The maximum atomic E-state index is 12.6. The Bertz CT molecular complexity index is 989. The van der Waals surface area contributed by atoms with Crippen LogP contribution in [0.15, 0.2) is 42.5 Å². The van der Waals surface area contributed by atoms with Crippen LogP contribution in [0.1, 0.15) is 19.3 Å². The molecule has 2 amide bonds. The van der Waals surface area contributed by atoms with Crippen LogP contribution < -0.4 is 15.1 Å². The second-order valence-corrected chi connectivity index (χ2v) is 7.94. The van der Waals surface area contributed by atoms with Gasteiger partial charge in [0.2, 0.25) is 11.8 Å². The summed E-state index contributed by atoms with van der Waals surface area (Å²) in [5, 5.41) is 13.7. The zero-order valence-corrected chi connectivity index (χ0v) is 17.0. The summed E-state index contributed by atoms with van der Waals surface area (Å²) in [6.07, 6.45) is 2.48. The largest absolute Gasteiger partial charge is 0.372 e. The third kappa shape index (κ3) is 4.09. The molecule has 4 rings (SSSR count). The van der Waals surface area contributed by atoms with E-state index in [9.17, 15) is 19.7 Å². The van der Waals surface area contributed by atoms with Crippen LogP contribution in [-0.2, 0) is 9.59 Å². The minimum absolute atomic E-state index is 0.00223. The van der Waals surface area contributed by atoms with E-state index in [1.54, 1.807) is 4.90 Å². The molecule has 2 aromatic rings. The SMILES string of the molecule is O=C(Nc1ccc(Cl)c([N+](=O)[O-])c1)C1CC(=O)N(c2ccc(N3CCCC3)cc2)C1. The first-order chi connectivity index (χ1) is 14.4. The first kappa shape index (κ1) is 20.2. The molecule has 1 N–H and O–H groups in total. The highest BCUT2D eigenvalue weighted by Gasteiger charge is 2.35. The normalized spacial score (nSPS) is 18.7. The first-order valence-corrected chi connectivity index (χ1v) is 10.2. The van der Waals surface area contributed by atoms with Gasteiger partial charge in [0.1, 0.15) is 5.02 Å². The number of nitro benzene ring substituents is 1. The van der Waals surface area contributed by atoms with Gasteiger partial charge in [-0.15, -0.1) is 0 Å². The maximum Gasteiger partial charge on any atom is 0.289 e. The highest BCUT2D eigenvalue weighted by molar-refractivity contribution is 6.32. The van der Waals surface area contributed by atoms with Crippen molar-refractivity contribution in [2.24, 2.45) is 5.92 Å². The molecule has 2 saturated heterocycles. The lowest BCUT2D eigenvalue weighted by atomic mass is 10.1. The number of benzene rings is 2. The van der Waals surface area contributed by atoms with Crippen molar-refractivity contribution in [1.29, 1.82) is 0 Å². The van der Waals surface area contributed by atoms with E-state index >= 15 is 0 Å². The van der Waals surface area contributed by atoms with Gasteiger partial charge in [0, 0.05) is 49.2 Å². The van der Waals surface area contributed by atoms with E-state index in [0.29, 0.717) is 0 Å². The molecule has 0 aliphatic carbocycles. The summed E-state index contributed by atoms with van der Waals surface area (Å²) >= 11 is 5.80. The quantitative estimate of drug-likeness (QED) is 0.576. The van der Waals surface area contributed by atoms with Gasteiger partial charge in [-0.3, -0.25) is 19.7 Å². The van der Waals surface area contributed by atoms with Gasteiger partial charge in [-0.2, -0.15) is 0 Å². The van der Waals surface area contributed by atoms with Gasteiger partial charge < -0.3 is 15.1 Å². The molecule has 2 aliphatic rings. The molecular weight excluding hydrogens is 408 g/mol. The van der Waals surface area contributed by atoms with Gasteiger partial charge in [0.25, 0.3) is 5.69 Å². The van der Waals surface area contributed by atoms with Gasteiger partial charge in [0.05, 0.1) is 10.8 Å². The number of carbonyl (C=O) groups excluding carboxylic acids is 2. The lowest BCUT2D eigenvalue weighted by Gasteiger charge is -2.20. The Morgan fingerprint density at radius 3 is 2.43 bits per heavy atom. The van der Waals surface area contributed by atoms with Crippen LogP contribution in [0.3, 0.4) is 0 Å². The average molecular weight is 429 g/mol. The highest BCUT2D eigenvalue weighted by atomic mass is 35.5. The molecule has 8 nitrogen and oxygen atoms in total. The Kier molecular flexibility index (Phi) is 5.59. The second-order valence-electron chi connectivity index (χ2n) is 7.53. The van der Waals surface area contributed by atoms with Gasteiger partial charge >= 0.3 is 0 Å². The lowest BCUT2D eigenvalue weighted by Crippen LogP contribution is -2.28. The number of nitrogens with one attached hydrogen (secondary N) is 1. The van der Waals surface area contributed by atoms with E-state index < -0.39 is 10.8 Å². The van der Waals surface area contributed by atoms with E-state index in [4.69, 9.17) is 11.6 Å². The number of amides is 2. The molecule has 0 spiro atoms. The van der Waals surface area contributed by atoms with Crippen molar-refractivity contribution in [1.82, 2.24) is 0 Å². The molecule has 0 bridgehead atoms. The lowest BCUT2D eigenvalue weighted by molar-refractivity contribution is -0.384. The van der Waals surface area contributed by atoms with Crippen molar-refractivity contribution in [2.45, 2.75) is 19.3 Å². The van der Waals surface area contributed by atoms with Gasteiger partial charge in [-0.25, -0.2) is 0 Å². The fourth-order valence-electron chi connectivity index (χ4n) is 3.93. The molecule has 2 heterocycles. The van der Waals surface area contributed by atoms with E-state index in [0.717, 1.165) is 24.5 Å². The summed E-state index contributed by atoms with van der Waals surface area (Å²) in [7, 11) is 0. The van der Waals surface area contributed by atoms with Crippen LogP contribution >= 0.6 is 11.6 Å². The average Bonchev–Trinajstić information content (AvgIpc) is 3.39. The minimum Gasteiger partial charge on any atom is -0.372 e. The van der Waals surface area contributed by atoms with Crippen LogP contribution in [0.4, 0.5) is 22.7 Å². The zero-order chi connectivity index (χ0) is 21.3. The number of nitrogens with zero attached hydrogens (tertiary/aromatic N) is 3. The Morgan fingerprint density at radius 1 is 1.10 bits per heavy atom. The predicted molar refractivity (Wildman–Crippen MR) is 115 cm³/mol. The third-order valence-corrected chi connectivity index (χ3v) is 5.86. The maximum absolute atomic E-state index is 12.6. The van der Waals surface area contributed by atoms with Gasteiger partial charge in [-0.05, 0) is 49.2 Å². The predicted octanol–water partition coefficient (Wildman–Crippen LogP) is 3.84. The van der Waals surface area contributed by atoms with Crippen LogP contribution in [0.5, 0.6) is 0 Å². The van der Waals surface area contributed by atoms with Crippen molar-refractivity contribution in [3.05, 3.63) is 57.6 Å². The molecular formula is C21H21ClN4O4. The number of nitro groups is 1. The van der Waals surface area contributed by atoms with Crippen molar-refractivity contribution < 1.29 is 14.5 Å². The second kappa shape index (κ2) is 8.31. The number of carbonyl (C=O) groups is 2. The molecule has 0 radical (unpaired) electrons. The Balaban J connectivity index is 1.42. The van der Waals surface area contributed by atoms with Crippen LogP contribution in [0.2, 0.25) is 5.02 Å². The highest BCUT2D eigenvalue weighted by Crippen LogP contribution is 2.30. The first-order valence-electron chi connectivity index (χ1n) is 9.82. The van der Waals surface area contributed by atoms with E-state index in [1.807, 2.05) is 24.3 Å². The molecule has 9 heteroatoms. The summed E-state index contributed by atoms with van der Waals surface area (Å²) in [5.41, 5.74) is 1.90. The Hall–Kier alpha value is -3.13. The Labute approximate surface area is 178 Å². The monoisotopic (exact) mass is 428 g/mol. The molecule has 30 heavy (non-hydrogen) atoms. The minimum atomic E-state index is -0.607. The number of rotatable bonds is 5. The fraction of sp³-hybridized carbons (Fsp3) is 0.333. The smallest absolute Gasteiger partial charge is 0.289 e. The number of hydrogen-bond acceptors (Lipinski definition) is 5. The van der Waals surface area contributed by atoms with Gasteiger partial charge in [-0.1, -0.05) is 11.6 Å². The number of anilines is 3. The topological polar surface area (TPSA) is 95.8 Å². The summed E-state index contributed by atoms with van der Waals surface area (Å²) in [4.78, 5) is 39.5.